The van der Waals surface area contributed by atoms with Crippen LogP contribution in [-0.4, -0.2) is 6.61 Å². The first-order valence-corrected chi connectivity index (χ1v) is 10.3. The van der Waals surface area contributed by atoms with Gasteiger partial charge in [-0.05, 0) is 29.2 Å². The number of unbranched alkanes of at least 4 members (excludes halogenated alkanes) is 5. The summed E-state index contributed by atoms with van der Waals surface area (Å²) in [6.07, 6.45) is 7.70. The number of hydrogen-bond acceptors (Lipinski definition) is 1. The van der Waals surface area contributed by atoms with E-state index in [9.17, 15) is 0 Å². The Balaban J connectivity index is 1.62. The summed E-state index contributed by atoms with van der Waals surface area (Å²) in [6, 6.07) is 27.6. The fourth-order valence-electron chi connectivity index (χ4n) is 3.37. The molecule has 3 rings (SSSR count). The van der Waals surface area contributed by atoms with E-state index in [-0.39, 0.29) is 0 Å². The molecule has 0 heterocycles. The van der Waals surface area contributed by atoms with Gasteiger partial charge in [0, 0.05) is 5.56 Å². The van der Waals surface area contributed by atoms with Crippen LogP contribution in [0, 0.1) is 0 Å². The number of para-hydroxylation sites is 1. The summed E-state index contributed by atoms with van der Waals surface area (Å²) in [5.41, 5.74) is 4.86. The predicted octanol–water partition coefficient (Wildman–Crippen LogP) is 7.76. The summed E-state index contributed by atoms with van der Waals surface area (Å²) in [5.74, 6) is 0.985. The van der Waals surface area contributed by atoms with E-state index in [4.69, 9.17) is 4.74 Å². The maximum atomic E-state index is 6.11. The molecule has 0 radical (unpaired) electrons. The van der Waals surface area contributed by atoms with Gasteiger partial charge in [0.15, 0.2) is 0 Å². The third-order valence-corrected chi connectivity index (χ3v) is 4.95. The third-order valence-electron chi connectivity index (χ3n) is 4.95. The number of hydrogen-bond donors (Lipinski definition) is 0. The van der Waals surface area contributed by atoms with Gasteiger partial charge in [0.05, 0.1) is 6.61 Å². The molecule has 0 aromatic heterocycles. The van der Waals surface area contributed by atoms with Crippen LogP contribution in [-0.2, 0) is 0 Å². The van der Waals surface area contributed by atoms with E-state index < -0.39 is 0 Å². The molecule has 0 bridgehead atoms. The minimum Gasteiger partial charge on any atom is -0.493 e. The zero-order chi connectivity index (χ0) is 18.7. The van der Waals surface area contributed by atoms with Gasteiger partial charge in [0.2, 0.25) is 0 Å². The number of rotatable bonds is 10. The van der Waals surface area contributed by atoms with Crippen LogP contribution in [0.1, 0.15) is 45.4 Å². The maximum Gasteiger partial charge on any atom is 0.127 e. The van der Waals surface area contributed by atoms with Gasteiger partial charge in [-0.25, -0.2) is 0 Å². The standard InChI is InChI=1S/C26H30O/c1-2-3-4-5-6-12-21-27-26-16-11-10-15-25(26)24-19-17-23(18-20-24)22-13-8-7-9-14-22/h7-11,13-20H,2-6,12,21H2,1H3. The van der Waals surface area contributed by atoms with Crippen LogP contribution in [0.3, 0.4) is 0 Å². The summed E-state index contributed by atoms with van der Waals surface area (Å²) >= 11 is 0. The van der Waals surface area contributed by atoms with Gasteiger partial charge < -0.3 is 4.74 Å². The van der Waals surface area contributed by atoms with Crippen LogP contribution in [0.4, 0.5) is 0 Å². The van der Waals surface area contributed by atoms with Gasteiger partial charge in [-0.15, -0.1) is 0 Å². The SMILES string of the molecule is CCCCCCCCOc1ccccc1-c1ccc(-c2ccccc2)cc1. The number of ether oxygens (including phenoxy) is 1. The molecule has 1 nitrogen and oxygen atoms in total. The van der Waals surface area contributed by atoms with Gasteiger partial charge in [0.25, 0.3) is 0 Å². The van der Waals surface area contributed by atoms with Crippen molar-refractivity contribution in [2.75, 3.05) is 6.61 Å². The van der Waals surface area contributed by atoms with Crippen LogP contribution in [0.5, 0.6) is 5.75 Å². The van der Waals surface area contributed by atoms with E-state index in [0.29, 0.717) is 0 Å². The lowest BCUT2D eigenvalue weighted by molar-refractivity contribution is 0.305. The third kappa shape index (κ3) is 5.72. The average Bonchev–Trinajstić information content (AvgIpc) is 2.74. The van der Waals surface area contributed by atoms with Gasteiger partial charge in [-0.1, -0.05) is 112 Å². The van der Waals surface area contributed by atoms with Crippen molar-refractivity contribution in [1.29, 1.82) is 0 Å². The highest BCUT2D eigenvalue weighted by Gasteiger charge is 2.06. The van der Waals surface area contributed by atoms with Gasteiger partial charge in [-0.3, -0.25) is 0 Å². The molecule has 0 amide bonds. The first-order chi connectivity index (χ1) is 13.4. The molecule has 0 unspecified atom stereocenters. The molecule has 0 aliphatic rings. The zero-order valence-corrected chi connectivity index (χ0v) is 16.4. The largest absolute Gasteiger partial charge is 0.493 e. The fraction of sp³-hybridized carbons (Fsp3) is 0.308. The highest BCUT2D eigenvalue weighted by atomic mass is 16.5. The van der Waals surface area contributed by atoms with Crippen molar-refractivity contribution in [3.05, 3.63) is 78.9 Å². The monoisotopic (exact) mass is 358 g/mol. The molecule has 0 saturated heterocycles. The topological polar surface area (TPSA) is 9.23 Å². The molecule has 3 aromatic carbocycles. The van der Waals surface area contributed by atoms with Crippen LogP contribution in [0.15, 0.2) is 78.9 Å². The van der Waals surface area contributed by atoms with Gasteiger partial charge in [-0.2, -0.15) is 0 Å². The molecule has 0 saturated carbocycles. The van der Waals surface area contributed by atoms with Gasteiger partial charge >= 0.3 is 0 Å². The Morgan fingerprint density at radius 1 is 0.556 bits per heavy atom. The molecule has 0 atom stereocenters. The average molecular weight is 359 g/mol. The molecular weight excluding hydrogens is 328 g/mol. The van der Waals surface area contributed by atoms with Crippen molar-refractivity contribution in [2.24, 2.45) is 0 Å². The predicted molar refractivity (Wildman–Crippen MR) is 116 cm³/mol. The molecule has 0 aliphatic heterocycles. The molecule has 3 aromatic rings. The second-order valence-corrected chi connectivity index (χ2v) is 7.06. The first-order valence-electron chi connectivity index (χ1n) is 10.3. The Kier molecular flexibility index (Phi) is 7.53. The smallest absolute Gasteiger partial charge is 0.127 e. The molecule has 0 N–H and O–H groups in total. The molecule has 0 spiro atoms. The number of benzene rings is 3. The second-order valence-electron chi connectivity index (χ2n) is 7.06. The normalized spacial score (nSPS) is 10.7. The van der Waals surface area contributed by atoms with Crippen LogP contribution < -0.4 is 4.74 Å². The summed E-state index contributed by atoms with van der Waals surface area (Å²) in [7, 11) is 0. The summed E-state index contributed by atoms with van der Waals surface area (Å²) in [6.45, 7) is 3.05. The Morgan fingerprint density at radius 2 is 1.15 bits per heavy atom. The molecule has 0 fully saturated rings. The van der Waals surface area contributed by atoms with Crippen molar-refractivity contribution >= 4 is 0 Å². The van der Waals surface area contributed by atoms with Crippen molar-refractivity contribution in [1.82, 2.24) is 0 Å². The van der Waals surface area contributed by atoms with Crippen molar-refractivity contribution < 1.29 is 4.74 Å². The fourth-order valence-corrected chi connectivity index (χ4v) is 3.37. The molecular formula is C26H30O. The van der Waals surface area contributed by atoms with Crippen molar-refractivity contribution in [3.63, 3.8) is 0 Å². The van der Waals surface area contributed by atoms with Crippen LogP contribution in [0.25, 0.3) is 22.3 Å². The van der Waals surface area contributed by atoms with Gasteiger partial charge in [0.1, 0.15) is 5.75 Å². The quantitative estimate of drug-likeness (QED) is 0.336. The van der Waals surface area contributed by atoms with Crippen molar-refractivity contribution in [3.8, 4) is 28.0 Å². The summed E-state index contributed by atoms with van der Waals surface area (Å²) < 4.78 is 6.11. The lowest BCUT2D eigenvalue weighted by Crippen LogP contribution is -1.98. The van der Waals surface area contributed by atoms with Crippen molar-refractivity contribution in [2.45, 2.75) is 45.4 Å². The first kappa shape index (κ1) is 19.2. The zero-order valence-electron chi connectivity index (χ0n) is 16.4. The highest BCUT2D eigenvalue weighted by molar-refractivity contribution is 5.74. The minimum atomic E-state index is 0.797. The van der Waals surface area contributed by atoms with E-state index in [1.54, 1.807) is 0 Å². The molecule has 140 valence electrons. The molecule has 1 heteroatoms. The minimum absolute atomic E-state index is 0.797. The van der Waals surface area contributed by atoms with E-state index in [2.05, 4.69) is 85.8 Å². The molecule has 27 heavy (non-hydrogen) atoms. The van der Waals surface area contributed by atoms with E-state index in [0.717, 1.165) is 18.8 Å². The Labute approximate surface area is 164 Å². The lowest BCUT2D eigenvalue weighted by atomic mass is 10.00. The lowest BCUT2D eigenvalue weighted by Gasteiger charge is -2.12. The maximum absolute atomic E-state index is 6.11. The van der Waals surface area contributed by atoms with Crippen LogP contribution in [0.2, 0.25) is 0 Å². The van der Waals surface area contributed by atoms with E-state index >= 15 is 0 Å². The van der Waals surface area contributed by atoms with E-state index in [1.807, 2.05) is 0 Å². The summed E-state index contributed by atoms with van der Waals surface area (Å²) in [5, 5.41) is 0. The Hall–Kier alpha value is -2.54. The van der Waals surface area contributed by atoms with E-state index in [1.165, 1.54) is 54.4 Å². The highest BCUT2D eigenvalue weighted by Crippen LogP contribution is 2.31. The Bertz CT molecular complexity index is 790. The Morgan fingerprint density at radius 3 is 1.93 bits per heavy atom. The molecule has 0 aliphatic carbocycles. The summed E-state index contributed by atoms with van der Waals surface area (Å²) in [4.78, 5) is 0. The second kappa shape index (κ2) is 10.6. The van der Waals surface area contributed by atoms with Crippen LogP contribution >= 0.6 is 0 Å².